The highest BCUT2D eigenvalue weighted by Crippen LogP contribution is 2.13. The average Bonchev–Trinajstić information content (AvgIpc) is 2.75. The maximum absolute atomic E-state index is 13.3. The highest BCUT2D eigenvalue weighted by Gasteiger charge is 2.20. The van der Waals surface area contributed by atoms with Crippen LogP contribution >= 0.6 is 0 Å². The number of hydrogen-bond donors (Lipinski definition) is 2. The van der Waals surface area contributed by atoms with Gasteiger partial charge < -0.3 is 11.1 Å². The molecular formula is C23H18F2N2O3. The summed E-state index contributed by atoms with van der Waals surface area (Å²) in [7, 11) is 0. The number of carbonyl (C=O) groups excluding carboxylic acids is 3. The van der Waals surface area contributed by atoms with Gasteiger partial charge in [0.2, 0.25) is 5.91 Å². The molecule has 3 N–H and O–H groups in total. The van der Waals surface area contributed by atoms with Crippen LogP contribution in [0.2, 0.25) is 0 Å². The molecule has 0 saturated carbocycles. The topological polar surface area (TPSA) is 89.3 Å². The Morgan fingerprint density at radius 3 is 2.00 bits per heavy atom. The second-order valence-corrected chi connectivity index (χ2v) is 6.65. The summed E-state index contributed by atoms with van der Waals surface area (Å²) in [6.45, 7) is 0. The molecule has 0 fully saturated rings. The van der Waals surface area contributed by atoms with Gasteiger partial charge in [0.1, 0.15) is 6.04 Å². The highest BCUT2D eigenvalue weighted by atomic mass is 19.2. The molecule has 0 aliphatic heterocycles. The number of carbonyl (C=O) groups is 3. The quantitative estimate of drug-likeness (QED) is 0.589. The highest BCUT2D eigenvalue weighted by molar-refractivity contribution is 6.09. The number of nitrogens with one attached hydrogen (secondary N) is 1. The van der Waals surface area contributed by atoms with Gasteiger partial charge in [-0.1, -0.05) is 54.6 Å². The molecule has 0 spiro atoms. The molecule has 0 heterocycles. The van der Waals surface area contributed by atoms with Crippen LogP contribution in [0.15, 0.2) is 72.8 Å². The lowest BCUT2D eigenvalue weighted by molar-refractivity contribution is -0.119. The van der Waals surface area contributed by atoms with Gasteiger partial charge in [-0.15, -0.1) is 0 Å². The largest absolute Gasteiger partial charge is 0.368 e. The zero-order chi connectivity index (χ0) is 21.7. The van der Waals surface area contributed by atoms with E-state index in [2.05, 4.69) is 5.32 Å². The molecule has 5 nitrogen and oxygen atoms in total. The molecule has 3 aromatic rings. The summed E-state index contributed by atoms with van der Waals surface area (Å²) < 4.78 is 26.4. The fourth-order valence-electron chi connectivity index (χ4n) is 2.89. The van der Waals surface area contributed by atoms with Crippen molar-refractivity contribution < 1.29 is 23.2 Å². The van der Waals surface area contributed by atoms with Crippen molar-refractivity contribution in [1.82, 2.24) is 5.32 Å². The van der Waals surface area contributed by atoms with Crippen LogP contribution in [0.5, 0.6) is 0 Å². The lowest BCUT2D eigenvalue weighted by Crippen LogP contribution is -2.45. The van der Waals surface area contributed by atoms with Gasteiger partial charge in [0.05, 0.1) is 0 Å². The molecular weight excluding hydrogens is 390 g/mol. The van der Waals surface area contributed by atoms with Gasteiger partial charge in [-0.05, 0) is 23.8 Å². The normalized spacial score (nSPS) is 11.5. The number of benzene rings is 3. The first-order valence-corrected chi connectivity index (χ1v) is 9.09. The third-order valence-electron chi connectivity index (χ3n) is 4.52. The van der Waals surface area contributed by atoms with Gasteiger partial charge in [-0.2, -0.15) is 0 Å². The molecule has 3 rings (SSSR count). The van der Waals surface area contributed by atoms with Gasteiger partial charge in [-0.3, -0.25) is 14.4 Å². The van der Waals surface area contributed by atoms with E-state index >= 15 is 0 Å². The maximum Gasteiger partial charge on any atom is 0.252 e. The van der Waals surface area contributed by atoms with Crippen LogP contribution in [-0.4, -0.2) is 23.6 Å². The lowest BCUT2D eigenvalue weighted by Gasteiger charge is -2.16. The van der Waals surface area contributed by atoms with Gasteiger partial charge in [0, 0.05) is 23.1 Å². The molecule has 30 heavy (non-hydrogen) atoms. The predicted octanol–water partition coefficient (Wildman–Crippen LogP) is 3.02. The van der Waals surface area contributed by atoms with E-state index in [1.165, 1.54) is 0 Å². The molecule has 3 aromatic carbocycles. The third kappa shape index (κ3) is 4.94. The maximum atomic E-state index is 13.3. The second-order valence-electron chi connectivity index (χ2n) is 6.65. The Kier molecular flexibility index (Phi) is 6.32. The first-order chi connectivity index (χ1) is 14.3. The Morgan fingerprint density at radius 2 is 1.40 bits per heavy atom. The average molecular weight is 408 g/mol. The molecule has 0 bridgehead atoms. The fourth-order valence-corrected chi connectivity index (χ4v) is 2.89. The molecule has 7 heteroatoms. The zero-order valence-corrected chi connectivity index (χ0v) is 15.8. The Bertz CT molecular complexity index is 1080. The first-order valence-electron chi connectivity index (χ1n) is 9.09. The Hall–Kier alpha value is -3.87. The van der Waals surface area contributed by atoms with Crippen molar-refractivity contribution in [2.24, 2.45) is 5.73 Å². The molecule has 2 amide bonds. The minimum absolute atomic E-state index is 0.0740. The first kappa shape index (κ1) is 20.9. The van der Waals surface area contributed by atoms with Crippen LogP contribution in [0.1, 0.15) is 31.8 Å². The standard InChI is InChI=1S/C23H18F2N2O3/c24-18-11-10-17(13-19(18)25)23(30)27-20(22(26)29)12-14-6-8-16(9-7-14)21(28)15-4-2-1-3-5-15/h1-11,13,20H,12H2,(H2,26,29)(H,27,30)/t20-/m0/s1. The van der Waals surface area contributed by atoms with Gasteiger partial charge in [-0.25, -0.2) is 8.78 Å². The van der Waals surface area contributed by atoms with Crippen LogP contribution in [0, 0.1) is 11.6 Å². The molecule has 0 aromatic heterocycles. The number of halogens is 2. The third-order valence-corrected chi connectivity index (χ3v) is 4.52. The van der Waals surface area contributed by atoms with Crippen LogP contribution < -0.4 is 11.1 Å². The van der Waals surface area contributed by atoms with Crippen molar-refractivity contribution >= 4 is 17.6 Å². The minimum Gasteiger partial charge on any atom is -0.368 e. The van der Waals surface area contributed by atoms with Gasteiger partial charge in [0.15, 0.2) is 17.4 Å². The Labute approximate surface area is 171 Å². The fraction of sp³-hybridized carbons (Fsp3) is 0.0870. The van der Waals surface area contributed by atoms with E-state index in [0.29, 0.717) is 16.7 Å². The van der Waals surface area contributed by atoms with Crippen molar-refractivity contribution in [3.8, 4) is 0 Å². The smallest absolute Gasteiger partial charge is 0.252 e. The summed E-state index contributed by atoms with van der Waals surface area (Å²) >= 11 is 0. The van der Waals surface area contributed by atoms with E-state index in [1.54, 1.807) is 48.5 Å². The van der Waals surface area contributed by atoms with Crippen LogP contribution in [0.25, 0.3) is 0 Å². The second kappa shape index (κ2) is 9.09. The number of ketones is 1. The van der Waals surface area contributed by atoms with E-state index in [1.807, 2.05) is 6.07 Å². The molecule has 0 saturated heterocycles. The summed E-state index contributed by atoms with van der Waals surface area (Å²) in [6.07, 6.45) is 0.0740. The van der Waals surface area contributed by atoms with Crippen LogP contribution in [-0.2, 0) is 11.2 Å². The summed E-state index contributed by atoms with van der Waals surface area (Å²) in [4.78, 5) is 36.5. The SMILES string of the molecule is NC(=O)[C@H](Cc1ccc(C(=O)c2ccccc2)cc1)NC(=O)c1ccc(F)c(F)c1. The van der Waals surface area contributed by atoms with Gasteiger partial charge >= 0.3 is 0 Å². The van der Waals surface area contributed by atoms with Crippen LogP contribution in [0.3, 0.4) is 0 Å². The zero-order valence-electron chi connectivity index (χ0n) is 15.8. The van der Waals surface area contributed by atoms with Crippen molar-refractivity contribution in [3.05, 3.63) is 107 Å². The van der Waals surface area contributed by atoms with Crippen LogP contribution in [0.4, 0.5) is 8.78 Å². The van der Waals surface area contributed by atoms with Crippen molar-refractivity contribution in [3.63, 3.8) is 0 Å². The molecule has 152 valence electrons. The van der Waals surface area contributed by atoms with E-state index in [-0.39, 0.29) is 17.8 Å². The van der Waals surface area contributed by atoms with E-state index in [4.69, 9.17) is 5.73 Å². The molecule has 0 unspecified atom stereocenters. The van der Waals surface area contributed by atoms with Gasteiger partial charge in [0.25, 0.3) is 5.91 Å². The summed E-state index contributed by atoms with van der Waals surface area (Å²) in [5, 5.41) is 2.42. The Morgan fingerprint density at radius 1 is 0.800 bits per heavy atom. The number of nitrogens with two attached hydrogens (primary N) is 1. The summed E-state index contributed by atoms with van der Waals surface area (Å²) in [5.41, 5.74) is 6.94. The van der Waals surface area contributed by atoms with Crippen molar-refractivity contribution in [2.45, 2.75) is 12.5 Å². The van der Waals surface area contributed by atoms with E-state index in [9.17, 15) is 23.2 Å². The van der Waals surface area contributed by atoms with Crippen molar-refractivity contribution in [2.75, 3.05) is 0 Å². The number of rotatable bonds is 7. The molecule has 1 atom stereocenters. The number of amides is 2. The molecule has 0 aliphatic carbocycles. The Balaban J connectivity index is 1.70. The van der Waals surface area contributed by atoms with Crippen molar-refractivity contribution in [1.29, 1.82) is 0 Å². The molecule has 0 aliphatic rings. The number of hydrogen-bond acceptors (Lipinski definition) is 3. The number of primary amides is 1. The molecule has 0 radical (unpaired) electrons. The van der Waals surface area contributed by atoms with E-state index < -0.39 is 29.5 Å². The summed E-state index contributed by atoms with van der Waals surface area (Å²) in [5.74, 6) is -3.93. The lowest BCUT2D eigenvalue weighted by atomic mass is 9.99. The predicted molar refractivity (Wildman–Crippen MR) is 107 cm³/mol. The summed E-state index contributed by atoms with van der Waals surface area (Å²) in [6, 6.07) is 17.0. The monoisotopic (exact) mass is 408 g/mol. The minimum atomic E-state index is -1.17. The van der Waals surface area contributed by atoms with E-state index in [0.717, 1.165) is 18.2 Å².